The third-order valence-electron chi connectivity index (χ3n) is 2.39. The number of anilines is 1. The van der Waals surface area contributed by atoms with Crippen molar-refractivity contribution < 1.29 is 9.53 Å². The zero-order valence-corrected chi connectivity index (χ0v) is 9.60. The molecule has 16 heavy (non-hydrogen) atoms. The van der Waals surface area contributed by atoms with Crippen molar-refractivity contribution in [2.45, 2.75) is 13.0 Å². The number of carbonyl (C=O) groups excluding carboxylic acids is 1. The van der Waals surface area contributed by atoms with E-state index in [4.69, 9.17) is 10.00 Å². The summed E-state index contributed by atoms with van der Waals surface area (Å²) in [5, 5.41) is 8.76. The van der Waals surface area contributed by atoms with E-state index in [-0.39, 0.29) is 5.91 Å². The highest BCUT2D eigenvalue weighted by Gasteiger charge is 2.17. The van der Waals surface area contributed by atoms with Crippen LogP contribution in [0.1, 0.15) is 12.5 Å². The molecule has 1 aromatic carbocycles. The second-order valence-corrected chi connectivity index (χ2v) is 3.44. The number of ether oxygens (including phenoxy) is 1. The van der Waals surface area contributed by atoms with Crippen molar-refractivity contribution in [2.75, 3.05) is 19.1 Å². The summed E-state index contributed by atoms with van der Waals surface area (Å²) in [5.41, 5.74) is 1.22. The summed E-state index contributed by atoms with van der Waals surface area (Å²) in [5.74, 6) is -0.141. The number of methoxy groups -OCH3 is 1. The van der Waals surface area contributed by atoms with E-state index in [2.05, 4.69) is 0 Å². The van der Waals surface area contributed by atoms with E-state index in [1.165, 1.54) is 12.0 Å². The Morgan fingerprint density at radius 1 is 1.56 bits per heavy atom. The topological polar surface area (TPSA) is 53.3 Å². The first-order chi connectivity index (χ1) is 7.60. The van der Waals surface area contributed by atoms with Crippen LogP contribution in [0.4, 0.5) is 5.69 Å². The van der Waals surface area contributed by atoms with Crippen LogP contribution in [0.3, 0.4) is 0 Å². The van der Waals surface area contributed by atoms with Crippen molar-refractivity contribution in [3.63, 3.8) is 0 Å². The Hall–Kier alpha value is -1.86. The standard InChI is InChI=1S/C12H14N2O2/c1-9(16-3)12(15)14(2)11-6-4-5-10(7-11)8-13/h4-7,9H,1-3H3. The van der Waals surface area contributed by atoms with Gasteiger partial charge in [0.25, 0.3) is 5.91 Å². The van der Waals surface area contributed by atoms with Gasteiger partial charge in [0, 0.05) is 19.8 Å². The number of nitrogens with zero attached hydrogens (tertiary/aromatic N) is 2. The molecule has 0 fully saturated rings. The van der Waals surface area contributed by atoms with Crippen LogP contribution in [-0.2, 0) is 9.53 Å². The first-order valence-corrected chi connectivity index (χ1v) is 4.90. The van der Waals surface area contributed by atoms with Crippen molar-refractivity contribution in [1.29, 1.82) is 5.26 Å². The van der Waals surface area contributed by atoms with Crippen LogP contribution in [0, 0.1) is 11.3 Å². The summed E-state index contributed by atoms with van der Waals surface area (Å²) in [6.07, 6.45) is -0.490. The van der Waals surface area contributed by atoms with Crippen LogP contribution >= 0.6 is 0 Å². The molecule has 0 saturated carbocycles. The number of rotatable bonds is 3. The van der Waals surface area contributed by atoms with Gasteiger partial charge in [-0.2, -0.15) is 5.26 Å². The molecule has 0 aliphatic carbocycles. The number of benzene rings is 1. The molecule has 0 heterocycles. The lowest BCUT2D eigenvalue weighted by Gasteiger charge is -2.20. The zero-order valence-electron chi connectivity index (χ0n) is 9.60. The molecule has 1 rings (SSSR count). The largest absolute Gasteiger partial charge is 0.372 e. The van der Waals surface area contributed by atoms with Crippen LogP contribution in [0.5, 0.6) is 0 Å². The maximum atomic E-state index is 11.8. The monoisotopic (exact) mass is 218 g/mol. The van der Waals surface area contributed by atoms with Crippen molar-refractivity contribution in [3.05, 3.63) is 29.8 Å². The summed E-state index contributed by atoms with van der Waals surface area (Å²) in [4.78, 5) is 13.3. The van der Waals surface area contributed by atoms with E-state index in [1.807, 2.05) is 6.07 Å². The molecule has 0 saturated heterocycles. The van der Waals surface area contributed by atoms with Gasteiger partial charge in [0.1, 0.15) is 6.10 Å². The van der Waals surface area contributed by atoms with Crippen molar-refractivity contribution >= 4 is 11.6 Å². The molecular weight excluding hydrogens is 204 g/mol. The number of carbonyl (C=O) groups is 1. The summed E-state index contributed by atoms with van der Waals surface area (Å²) < 4.78 is 4.95. The quantitative estimate of drug-likeness (QED) is 0.773. The van der Waals surface area contributed by atoms with Gasteiger partial charge in [-0.3, -0.25) is 4.79 Å². The molecule has 4 heteroatoms. The minimum atomic E-state index is -0.490. The first-order valence-electron chi connectivity index (χ1n) is 4.90. The molecule has 1 amide bonds. The SMILES string of the molecule is COC(C)C(=O)N(C)c1cccc(C#N)c1. The minimum absolute atomic E-state index is 0.141. The Morgan fingerprint density at radius 2 is 2.25 bits per heavy atom. The fourth-order valence-corrected chi connectivity index (χ4v) is 1.28. The number of hydrogen-bond acceptors (Lipinski definition) is 3. The van der Waals surface area contributed by atoms with Crippen LogP contribution in [0.2, 0.25) is 0 Å². The number of hydrogen-bond donors (Lipinski definition) is 0. The summed E-state index contributed by atoms with van der Waals surface area (Å²) >= 11 is 0. The molecule has 0 bridgehead atoms. The van der Waals surface area contributed by atoms with E-state index in [1.54, 1.807) is 38.2 Å². The zero-order chi connectivity index (χ0) is 12.1. The highest BCUT2D eigenvalue weighted by molar-refractivity contribution is 5.95. The Bertz CT molecular complexity index is 423. The van der Waals surface area contributed by atoms with Crippen LogP contribution in [-0.4, -0.2) is 26.2 Å². The number of likely N-dealkylation sites (N-methyl/N-ethyl adjacent to an activating group) is 1. The second kappa shape index (κ2) is 5.29. The summed E-state index contributed by atoms with van der Waals surface area (Å²) in [6.45, 7) is 1.69. The summed E-state index contributed by atoms with van der Waals surface area (Å²) in [7, 11) is 3.15. The van der Waals surface area contributed by atoms with Gasteiger partial charge in [0.15, 0.2) is 0 Å². The lowest BCUT2D eigenvalue weighted by Crippen LogP contribution is -2.35. The third kappa shape index (κ3) is 2.59. The van der Waals surface area contributed by atoms with Crippen LogP contribution in [0.25, 0.3) is 0 Å². The minimum Gasteiger partial charge on any atom is -0.372 e. The molecule has 0 spiro atoms. The van der Waals surface area contributed by atoms with E-state index in [0.717, 1.165) is 0 Å². The van der Waals surface area contributed by atoms with Crippen molar-refractivity contribution in [2.24, 2.45) is 0 Å². The van der Waals surface area contributed by atoms with Crippen molar-refractivity contribution in [3.8, 4) is 6.07 Å². The molecule has 4 nitrogen and oxygen atoms in total. The number of amides is 1. The average molecular weight is 218 g/mol. The molecule has 1 atom stereocenters. The lowest BCUT2D eigenvalue weighted by molar-refractivity contribution is -0.127. The average Bonchev–Trinajstić information content (AvgIpc) is 2.36. The normalized spacial score (nSPS) is 11.6. The fourth-order valence-electron chi connectivity index (χ4n) is 1.28. The fraction of sp³-hybridized carbons (Fsp3) is 0.333. The Morgan fingerprint density at radius 3 is 2.81 bits per heavy atom. The highest BCUT2D eigenvalue weighted by Crippen LogP contribution is 2.15. The first kappa shape index (κ1) is 12.2. The van der Waals surface area contributed by atoms with Gasteiger partial charge >= 0.3 is 0 Å². The van der Waals surface area contributed by atoms with Gasteiger partial charge in [0.05, 0.1) is 11.6 Å². The Labute approximate surface area is 95.0 Å². The molecule has 0 radical (unpaired) electrons. The van der Waals surface area contributed by atoms with E-state index in [0.29, 0.717) is 11.3 Å². The molecular formula is C12H14N2O2. The molecule has 1 unspecified atom stereocenters. The second-order valence-electron chi connectivity index (χ2n) is 3.44. The van der Waals surface area contributed by atoms with E-state index >= 15 is 0 Å². The predicted molar refractivity (Wildman–Crippen MR) is 61.0 cm³/mol. The van der Waals surface area contributed by atoms with Gasteiger partial charge < -0.3 is 9.64 Å². The smallest absolute Gasteiger partial charge is 0.255 e. The maximum Gasteiger partial charge on any atom is 0.255 e. The third-order valence-corrected chi connectivity index (χ3v) is 2.39. The van der Waals surface area contributed by atoms with Gasteiger partial charge in [-0.25, -0.2) is 0 Å². The maximum absolute atomic E-state index is 11.8. The van der Waals surface area contributed by atoms with Crippen LogP contribution < -0.4 is 4.90 Å². The van der Waals surface area contributed by atoms with Gasteiger partial charge in [-0.15, -0.1) is 0 Å². The summed E-state index contributed by atoms with van der Waals surface area (Å²) in [6, 6.07) is 8.92. The number of nitriles is 1. The molecule has 0 aliphatic rings. The van der Waals surface area contributed by atoms with Crippen molar-refractivity contribution in [1.82, 2.24) is 0 Å². The van der Waals surface area contributed by atoms with Gasteiger partial charge in [0.2, 0.25) is 0 Å². The Balaban J connectivity index is 2.92. The Kier molecular flexibility index (Phi) is 4.03. The molecule has 0 aliphatic heterocycles. The molecule has 0 aromatic heterocycles. The lowest BCUT2D eigenvalue weighted by atomic mass is 10.2. The van der Waals surface area contributed by atoms with Crippen LogP contribution in [0.15, 0.2) is 24.3 Å². The molecule has 84 valence electrons. The molecule has 1 aromatic rings. The van der Waals surface area contributed by atoms with E-state index in [9.17, 15) is 4.79 Å². The highest BCUT2D eigenvalue weighted by atomic mass is 16.5. The predicted octanol–water partition coefficient (Wildman–Crippen LogP) is 1.56. The van der Waals surface area contributed by atoms with Gasteiger partial charge in [-0.05, 0) is 25.1 Å². The molecule has 0 N–H and O–H groups in total. The van der Waals surface area contributed by atoms with E-state index < -0.39 is 6.10 Å². The van der Waals surface area contributed by atoms with Gasteiger partial charge in [-0.1, -0.05) is 6.07 Å².